The predicted octanol–water partition coefficient (Wildman–Crippen LogP) is 1.61. The highest BCUT2D eigenvalue weighted by Gasteiger charge is 2.34. The topological polar surface area (TPSA) is 99.8 Å². The SMILES string of the molecule is Cc1c(C(C#N)C2CC2)[nH]cc([N+](=O)[O-])c1=O. The van der Waals surface area contributed by atoms with E-state index in [9.17, 15) is 14.9 Å². The molecule has 1 heterocycles. The number of nitrogens with one attached hydrogen (secondary N) is 1. The molecular weight excluding hydrogens is 222 g/mol. The molecule has 2 rings (SSSR count). The molecule has 1 aliphatic rings. The fraction of sp³-hybridized carbons (Fsp3) is 0.455. The molecule has 0 aliphatic heterocycles. The monoisotopic (exact) mass is 233 g/mol. The van der Waals surface area contributed by atoms with Crippen molar-refractivity contribution in [3.8, 4) is 6.07 Å². The van der Waals surface area contributed by atoms with Gasteiger partial charge in [0.2, 0.25) is 0 Å². The predicted molar refractivity (Wildman–Crippen MR) is 59.5 cm³/mol. The molecule has 6 heteroatoms. The summed E-state index contributed by atoms with van der Waals surface area (Å²) in [4.78, 5) is 24.3. The quantitative estimate of drug-likeness (QED) is 0.633. The van der Waals surface area contributed by atoms with Crippen LogP contribution in [-0.2, 0) is 0 Å². The smallest absolute Gasteiger partial charge is 0.332 e. The molecule has 6 nitrogen and oxygen atoms in total. The summed E-state index contributed by atoms with van der Waals surface area (Å²) in [6, 6.07) is 2.16. The Bertz CT molecular complexity index is 566. The molecule has 1 aliphatic carbocycles. The van der Waals surface area contributed by atoms with Crippen LogP contribution in [0.2, 0.25) is 0 Å². The summed E-state index contributed by atoms with van der Waals surface area (Å²) >= 11 is 0. The number of nitro groups is 1. The lowest BCUT2D eigenvalue weighted by atomic mass is 9.97. The maximum absolute atomic E-state index is 11.7. The summed E-state index contributed by atoms with van der Waals surface area (Å²) in [6.07, 6.45) is 3.02. The van der Waals surface area contributed by atoms with E-state index in [2.05, 4.69) is 11.1 Å². The van der Waals surface area contributed by atoms with Crippen LogP contribution < -0.4 is 5.43 Å². The number of aromatic nitrogens is 1. The van der Waals surface area contributed by atoms with Gasteiger partial charge in [-0.05, 0) is 25.7 Å². The van der Waals surface area contributed by atoms with Crippen LogP contribution in [0.1, 0.15) is 30.0 Å². The molecule has 1 atom stereocenters. The van der Waals surface area contributed by atoms with E-state index in [1.54, 1.807) is 0 Å². The van der Waals surface area contributed by atoms with Gasteiger partial charge in [-0.3, -0.25) is 14.9 Å². The zero-order valence-electron chi connectivity index (χ0n) is 9.27. The highest BCUT2D eigenvalue weighted by molar-refractivity contribution is 5.37. The lowest BCUT2D eigenvalue weighted by Gasteiger charge is -2.10. The molecule has 0 spiro atoms. The first kappa shape index (κ1) is 11.3. The number of pyridine rings is 1. The molecule has 1 aromatic rings. The molecule has 1 N–H and O–H groups in total. The molecular formula is C11H11N3O3. The Morgan fingerprint density at radius 3 is 2.76 bits per heavy atom. The van der Waals surface area contributed by atoms with Crippen molar-refractivity contribution in [2.75, 3.05) is 0 Å². The van der Waals surface area contributed by atoms with Crippen LogP contribution in [0.25, 0.3) is 0 Å². The van der Waals surface area contributed by atoms with Crippen LogP contribution in [0, 0.1) is 34.3 Å². The van der Waals surface area contributed by atoms with E-state index in [4.69, 9.17) is 5.26 Å². The van der Waals surface area contributed by atoms with Gasteiger partial charge in [0.05, 0.1) is 23.1 Å². The average molecular weight is 233 g/mol. The van der Waals surface area contributed by atoms with Crippen molar-refractivity contribution in [3.63, 3.8) is 0 Å². The van der Waals surface area contributed by atoms with Crippen molar-refractivity contribution in [2.24, 2.45) is 5.92 Å². The number of rotatable bonds is 3. The van der Waals surface area contributed by atoms with Gasteiger partial charge in [-0.1, -0.05) is 0 Å². The maximum atomic E-state index is 11.7. The Hall–Kier alpha value is -2.16. The van der Waals surface area contributed by atoms with Gasteiger partial charge in [0.15, 0.2) is 0 Å². The third-order valence-corrected chi connectivity index (χ3v) is 3.08. The number of hydrogen-bond donors (Lipinski definition) is 1. The second-order valence-electron chi connectivity index (χ2n) is 4.24. The highest BCUT2D eigenvalue weighted by atomic mass is 16.6. The van der Waals surface area contributed by atoms with Gasteiger partial charge in [0, 0.05) is 11.3 Å². The number of H-pyrrole nitrogens is 1. The van der Waals surface area contributed by atoms with Crippen molar-refractivity contribution < 1.29 is 4.92 Å². The van der Waals surface area contributed by atoms with E-state index >= 15 is 0 Å². The molecule has 0 amide bonds. The molecule has 0 bridgehead atoms. The van der Waals surface area contributed by atoms with Gasteiger partial charge in [-0.15, -0.1) is 0 Å². The first-order valence-corrected chi connectivity index (χ1v) is 5.32. The van der Waals surface area contributed by atoms with Crippen molar-refractivity contribution in [1.82, 2.24) is 4.98 Å². The minimum absolute atomic E-state index is 0.274. The Kier molecular flexibility index (Phi) is 2.68. The summed E-state index contributed by atoms with van der Waals surface area (Å²) < 4.78 is 0. The fourth-order valence-electron chi connectivity index (χ4n) is 1.93. The van der Waals surface area contributed by atoms with E-state index < -0.39 is 16.0 Å². The molecule has 1 unspecified atom stereocenters. The molecule has 17 heavy (non-hydrogen) atoms. The number of aromatic amines is 1. The summed E-state index contributed by atoms with van der Waals surface area (Å²) in [6.45, 7) is 1.52. The second-order valence-corrected chi connectivity index (χ2v) is 4.24. The Balaban J connectivity index is 2.51. The van der Waals surface area contributed by atoms with Crippen LogP contribution >= 0.6 is 0 Å². The van der Waals surface area contributed by atoms with Crippen molar-refractivity contribution in [2.45, 2.75) is 25.7 Å². The molecule has 1 fully saturated rings. The third kappa shape index (κ3) is 1.91. The Labute approximate surface area is 97.0 Å². The van der Waals surface area contributed by atoms with E-state index in [1.807, 2.05) is 0 Å². The van der Waals surface area contributed by atoms with Gasteiger partial charge >= 0.3 is 5.69 Å². The molecule has 1 aromatic heterocycles. The minimum atomic E-state index is -0.714. The molecule has 88 valence electrons. The van der Waals surface area contributed by atoms with Gasteiger partial charge in [-0.25, -0.2) is 0 Å². The Morgan fingerprint density at radius 1 is 1.65 bits per heavy atom. The van der Waals surface area contributed by atoms with Gasteiger partial charge < -0.3 is 4.98 Å². The summed E-state index contributed by atoms with van der Waals surface area (Å²) in [5.41, 5.74) is -0.286. The molecule has 0 radical (unpaired) electrons. The summed E-state index contributed by atoms with van der Waals surface area (Å²) in [5.74, 6) is -0.0840. The second kappa shape index (κ2) is 4.01. The fourth-order valence-corrected chi connectivity index (χ4v) is 1.93. The van der Waals surface area contributed by atoms with E-state index in [-0.39, 0.29) is 17.4 Å². The lowest BCUT2D eigenvalue weighted by Crippen LogP contribution is -2.17. The summed E-state index contributed by atoms with van der Waals surface area (Å²) in [7, 11) is 0. The van der Waals surface area contributed by atoms with E-state index in [1.165, 1.54) is 6.92 Å². The Morgan fingerprint density at radius 2 is 2.29 bits per heavy atom. The standard InChI is InChI=1S/C11H11N3O3/c1-6-10(8(4-12)7-2-3-7)13-5-9(11(6)15)14(16)17/h5,7-8H,2-3H2,1H3,(H,13,15). The molecule has 0 aromatic carbocycles. The van der Waals surface area contributed by atoms with Crippen LogP contribution in [0.15, 0.2) is 11.0 Å². The lowest BCUT2D eigenvalue weighted by molar-refractivity contribution is -0.386. The van der Waals surface area contributed by atoms with Gasteiger partial charge in [0.1, 0.15) is 0 Å². The van der Waals surface area contributed by atoms with Crippen molar-refractivity contribution in [3.05, 3.63) is 37.8 Å². The third-order valence-electron chi connectivity index (χ3n) is 3.08. The molecule has 0 saturated heterocycles. The largest absolute Gasteiger partial charge is 0.358 e. The van der Waals surface area contributed by atoms with Crippen LogP contribution in [-0.4, -0.2) is 9.91 Å². The van der Waals surface area contributed by atoms with E-state index in [0.717, 1.165) is 19.0 Å². The number of nitriles is 1. The number of nitrogens with zero attached hydrogens (tertiary/aromatic N) is 2. The zero-order valence-corrected chi connectivity index (χ0v) is 9.27. The first-order chi connectivity index (χ1) is 8.06. The summed E-state index contributed by atoms with van der Waals surface area (Å²) in [5, 5.41) is 19.7. The first-order valence-electron chi connectivity index (χ1n) is 5.32. The van der Waals surface area contributed by atoms with Gasteiger partial charge in [0.25, 0.3) is 5.43 Å². The van der Waals surface area contributed by atoms with Gasteiger partial charge in [-0.2, -0.15) is 5.26 Å². The highest BCUT2D eigenvalue weighted by Crippen LogP contribution is 2.42. The number of hydrogen-bond acceptors (Lipinski definition) is 4. The zero-order chi connectivity index (χ0) is 12.6. The molecule has 1 saturated carbocycles. The normalized spacial score (nSPS) is 16.2. The van der Waals surface area contributed by atoms with E-state index in [0.29, 0.717) is 5.69 Å². The average Bonchev–Trinajstić information content (AvgIpc) is 3.09. The van der Waals surface area contributed by atoms with Crippen LogP contribution in [0.5, 0.6) is 0 Å². The van der Waals surface area contributed by atoms with Crippen LogP contribution in [0.4, 0.5) is 5.69 Å². The van der Waals surface area contributed by atoms with Crippen molar-refractivity contribution >= 4 is 5.69 Å². The maximum Gasteiger partial charge on any atom is 0.332 e. The van der Waals surface area contributed by atoms with Crippen LogP contribution in [0.3, 0.4) is 0 Å². The van der Waals surface area contributed by atoms with Crippen molar-refractivity contribution in [1.29, 1.82) is 5.26 Å². The minimum Gasteiger partial charge on any atom is -0.358 e.